The minimum Gasteiger partial charge on any atom is -0.504 e. The molecule has 3 rings (SSSR count). The van der Waals surface area contributed by atoms with E-state index in [0.29, 0.717) is 0 Å². The fraction of sp³-hybridized carbons (Fsp3) is 0. The Morgan fingerprint density at radius 3 is 1.57 bits per heavy atom. The molecule has 0 heterocycles. The van der Waals surface area contributed by atoms with E-state index in [0.717, 1.165) is 0 Å². The largest absolute Gasteiger partial charge is 0.504 e. The van der Waals surface area contributed by atoms with Crippen molar-refractivity contribution in [3.8, 4) is 11.5 Å². The molecule has 4 heteroatoms. The Bertz CT molecular complexity index is 700. The summed E-state index contributed by atoms with van der Waals surface area (Å²) in [6, 6.07) is 20.5. The second-order valence-corrected chi connectivity index (χ2v) is 4.33. The van der Waals surface area contributed by atoms with Crippen LogP contribution in [0.15, 0.2) is 66.7 Å². The van der Waals surface area contributed by atoms with Crippen LogP contribution in [-0.4, -0.2) is 21.3 Å². The highest BCUT2D eigenvalue weighted by molar-refractivity contribution is 5.91. The lowest BCUT2D eigenvalue weighted by Gasteiger charge is -1.99. The van der Waals surface area contributed by atoms with Crippen LogP contribution in [0, 0.1) is 0 Å². The van der Waals surface area contributed by atoms with Gasteiger partial charge < -0.3 is 15.3 Å². The highest BCUT2D eigenvalue weighted by Gasteiger charge is 2.11. The Hall–Kier alpha value is -3.01. The molecule has 21 heavy (non-hydrogen) atoms. The van der Waals surface area contributed by atoms with Crippen LogP contribution in [0.25, 0.3) is 10.8 Å². The molecule has 0 aromatic heterocycles. The van der Waals surface area contributed by atoms with Gasteiger partial charge in [0.05, 0.1) is 0 Å². The Balaban J connectivity index is 0.000000154. The van der Waals surface area contributed by atoms with Crippen molar-refractivity contribution in [3.63, 3.8) is 0 Å². The topological polar surface area (TPSA) is 77.8 Å². The minimum atomic E-state index is -1.27. The third-order valence-electron chi connectivity index (χ3n) is 2.90. The summed E-state index contributed by atoms with van der Waals surface area (Å²) in [7, 11) is 0. The standard InChI is InChI=1S/C10H8.C7H6O4/c1-2-6-10-8-4-3-7-9(10)5-1;8-5-3-1-2-4(6(5)9)7(10)11/h1-8H;1-3,8-9H,(H,10,11). The molecular formula is C17H14O4. The van der Waals surface area contributed by atoms with Crippen molar-refractivity contribution in [2.24, 2.45) is 0 Å². The average Bonchev–Trinajstić information content (AvgIpc) is 2.50. The van der Waals surface area contributed by atoms with Gasteiger partial charge in [0.2, 0.25) is 0 Å². The first kappa shape index (κ1) is 14.4. The lowest BCUT2D eigenvalue weighted by Crippen LogP contribution is -1.95. The van der Waals surface area contributed by atoms with Gasteiger partial charge in [0.15, 0.2) is 11.5 Å². The molecule has 0 spiro atoms. The van der Waals surface area contributed by atoms with E-state index in [9.17, 15) is 4.79 Å². The zero-order chi connectivity index (χ0) is 15.2. The van der Waals surface area contributed by atoms with Crippen LogP contribution >= 0.6 is 0 Å². The number of carboxylic acids is 1. The molecule has 0 saturated heterocycles. The zero-order valence-electron chi connectivity index (χ0n) is 11.1. The summed E-state index contributed by atoms with van der Waals surface area (Å²) in [5.41, 5.74) is -0.301. The van der Waals surface area contributed by atoms with E-state index in [1.807, 2.05) is 0 Å². The first-order valence-corrected chi connectivity index (χ1v) is 6.27. The number of hydrogen-bond donors (Lipinski definition) is 3. The molecule has 3 N–H and O–H groups in total. The van der Waals surface area contributed by atoms with Gasteiger partial charge in [-0.25, -0.2) is 4.79 Å². The molecular weight excluding hydrogens is 268 g/mol. The summed E-state index contributed by atoms with van der Waals surface area (Å²) in [6.45, 7) is 0. The maximum absolute atomic E-state index is 10.3. The number of carboxylic acid groups (broad SMARTS) is 1. The Labute approximate surface area is 121 Å². The Morgan fingerprint density at radius 2 is 1.19 bits per heavy atom. The first-order valence-electron chi connectivity index (χ1n) is 6.27. The second kappa shape index (κ2) is 6.43. The predicted octanol–water partition coefficient (Wildman–Crippen LogP) is 3.64. The second-order valence-electron chi connectivity index (χ2n) is 4.33. The molecule has 0 atom stereocenters. The fourth-order valence-corrected chi connectivity index (χ4v) is 1.84. The maximum Gasteiger partial charge on any atom is 0.339 e. The molecule has 0 fully saturated rings. The van der Waals surface area contributed by atoms with Gasteiger partial charge in [-0.1, -0.05) is 54.6 Å². The number of aromatic hydroxyl groups is 2. The van der Waals surface area contributed by atoms with Gasteiger partial charge in [-0.05, 0) is 22.9 Å². The van der Waals surface area contributed by atoms with Crippen LogP contribution < -0.4 is 0 Å². The van der Waals surface area contributed by atoms with Crippen molar-refractivity contribution < 1.29 is 20.1 Å². The number of phenolic OH excluding ortho intramolecular Hbond substituents is 1. The van der Waals surface area contributed by atoms with Gasteiger partial charge in [0.1, 0.15) is 5.56 Å². The lowest BCUT2D eigenvalue weighted by molar-refractivity contribution is 0.0693. The van der Waals surface area contributed by atoms with E-state index in [2.05, 4.69) is 48.5 Å². The quantitative estimate of drug-likeness (QED) is 0.595. The van der Waals surface area contributed by atoms with E-state index in [1.54, 1.807) is 0 Å². The maximum atomic E-state index is 10.3. The Morgan fingerprint density at radius 1 is 0.714 bits per heavy atom. The van der Waals surface area contributed by atoms with Crippen LogP contribution in [0.4, 0.5) is 0 Å². The number of hydrogen-bond acceptors (Lipinski definition) is 3. The average molecular weight is 282 g/mol. The number of phenols is 2. The fourth-order valence-electron chi connectivity index (χ4n) is 1.84. The van der Waals surface area contributed by atoms with Crippen LogP contribution in [0.3, 0.4) is 0 Å². The third-order valence-corrected chi connectivity index (χ3v) is 2.90. The number of para-hydroxylation sites is 1. The number of carbonyl (C=O) groups is 1. The monoisotopic (exact) mass is 282 g/mol. The molecule has 3 aromatic rings. The zero-order valence-corrected chi connectivity index (χ0v) is 11.1. The highest BCUT2D eigenvalue weighted by Crippen LogP contribution is 2.27. The molecule has 0 amide bonds. The normalized spacial score (nSPS) is 9.71. The lowest BCUT2D eigenvalue weighted by atomic mass is 10.1. The molecule has 106 valence electrons. The van der Waals surface area contributed by atoms with Crippen molar-refractivity contribution in [2.75, 3.05) is 0 Å². The molecule has 4 nitrogen and oxygen atoms in total. The molecule has 0 aliphatic heterocycles. The Kier molecular flexibility index (Phi) is 4.41. The van der Waals surface area contributed by atoms with Crippen LogP contribution in [-0.2, 0) is 0 Å². The van der Waals surface area contributed by atoms with Crippen molar-refractivity contribution in [2.45, 2.75) is 0 Å². The molecule has 0 bridgehead atoms. The van der Waals surface area contributed by atoms with E-state index in [4.69, 9.17) is 15.3 Å². The SMILES string of the molecule is O=C(O)c1cccc(O)c1O.c1ccc2ccccc2c1. The van der Waals surface area contributed by atoms with Gasteiger partial charge in [-0.3, -0.25) is 0 Å². The van der Waals surface area contributed by atoms with Crippen molar-refractivity contribution in [3.05, 3.63) is 72.3 Å². The molecule has 0 saturated carbocycles. The molecule has 0 aliphatic carbocycles. The summed E-state index contributed by atoms with van der Waals surface area (Å²) < 4.78 is 0. The van der Waals surface area contributed by atoms with Gasteiger partial charge in [-0.15, -0.1) is 0 Å². The van der Waals surface area contributed by atoms with Crippen LogP contribution in [0.5, 0.6) is 11.5 Å². The summed E-state index contributed by atoms with van der Waals surface area (Å²) >= 11 is 0. The molecule has 3 aromatic carbocycles. The van der Waals surface area contributed by atoms with E-state index in [1.165, 1.54) is 29.0 Å². The number of benzene rings is 3. The summed E-state index contributed by atoms with van der Waals surface area (Å²) in [5.74, 6) is -2.29. The number of aromatic carboxylic acids is 1. The van der Waals surface area contributed by atoms with Crippen LogP contribution in [0.2, 0.25) is 0 Å². The van der Waals surface area contributed by atoms with Crippen LogP contribution in [0.1, 0.15) is 10.4 Å². The van der Waals surface area contributed by atoms with E-state index in [-0.39, 0.29) is 5.56 Å². The van der Waals surface area contributed by atoms with Gasteiger partial charge in [0, 0.05) is 0 Å². The van der Waals surface area contributed by atoms with Gasteiger partial charge in [0.25, 0.3) is 0 Å². The van der Waals surface area contributed by atoms with Crippen molar-refractivity contribution in [1.82, 2.24) is 0 Å². The molecule has 0 aliphatic rings. The summed E-state index contributed by atoms with van der Waals surface area (Å²) in [5, 5.41) is 28.8. The predicted molar refractivity (Wildman–Crippen MR) is 80.7 cm³/mol. The molecule has 0 unspecified atom stereocenters. The number of fused-ring (bicyclic) bond motifs is 1. The van der Waals surface area contributed by atoms with Crippen molar-refractivity contribution in [1.29, 1.82) is 0 Å². The summed E-state index contributed by atoms with van der Waals surface area (Å²) in [4.78, 5) is 10.3. The first-order chi connectivity index (χ1) is 10.1. The highest BCUT2D eigenvalue weighted by atomic mass is 16.4. The molecule has 0 radical (unpaired) electrons. The van der Waals surface area contributed by atoms with E-state index >= 15 is 0 Å². The smallest absolute Gasteiger partial charge is 0.339 e. The van der Waals surface area contributed by atoms with Gasteiger partial charge >= 0.3 is 5.97 Å². The number of rotatable bonds is 1. The van der Waals surface area contributed by atoms with Crippen molar-refractivity contribution >= 4 is 16.7 Å². The van der Waals surface area contributed by atoms with Gasteiger partial charge in [-0.2, -0.15) is 0 Å². The third kappa shape index (κ3) is 3.51. The van der Waals surface area contributed by atoms with E-state index < -0.39 is 17.5 Å². The minimum absolute atomic E-state index is 0.301. The summed E-state index contributed by atoms with van der Waals surface area (Å²) in [6.07, 6.45) is 0.